The van der Waals surface area contributed by atoms with E-state index in [1.54, 1.807) is 24.3 Å². The first-order valence-electron chi connectivity index (χ1n) is 11.3. The Balaban J connectivity index is 2.43. The molecule has 0 heterocycles. The molecule has 7 nitrogen and oxygen atoms in total. The van der Waals surface area contributed by atoms with Crippen molar-refractivity contribution in [2.45, 2.75) is 59.2 Å². The zero-order chi connectivity index (χ0) is 25.5. The van der Waals surface area contributed by atoms with Gasteiger partial charge in [-0.2, -0.15) is 0 Å². The van der Waals surface area contributed by atoms with Gasteiger partial charge in [0, 0.05) is 17.6 Å². The molecule has 0 aromatic heterocycles. The molecule has 0 aliphatic carbocycles. The molecule has 0 saturated heterocycles. The zero-order valence-corrected chi connectivity index (χ0v) is 22.0. The van der Waals surface area contributed by atoms with Crippen LogP contribution < -0.4 is 9.62 Å². The number of anilines is 1. The highest BCUT2D eigenvalue weighted by Crippen LogP contribution is 2.22. The quantitative estimate of drug-likeness (QED) is 0.495. The monoisotopic (exact) mass is 507 g/mol. The van der Waals surface area contributed by atoms with Crippen LogP contribution in [-0.2, 0) is 26.2 Å². The highest BCUT2D eigenvalue weighted by Gasteiger charge is 2.32. The fourth-order valence-electron chi connectivity index (χ4n) is 3.59. The lowest BCUT2D eigenvalue weighted by atomic mass is 10.1. The summed E-state index contributed by atoms with van der Waals surface area (Å²) in [6, 6.07) is 13.1. The molecule has 0 saturated carbocycles. The van der Waals surface area contributed by atoms with Crippen LogP contribution >= 0.6 is 11.6 Å². The summed E-state index contributed by atoms with van der Waals surface area (Å²) in [5, 5.41) is 3.41. The molecule has 0 fully saturated rings. The fourth-order valence-corrected chi connectivity index (χ4v) is 4.56. The van der Waals surface area contributed by atoms with Gasteiger partial charge in [0.1, 0.15) is 12.6 Å². The number of halogens is 1. The van der Waals surface area contributed by atoms with E-state index < -0.39 is 28.5 Å². The number of benzene rings is 2. The predicted molar refractivity (Wildman–Crippen MR) is 137 cm³/mol. The maximum atomic E-state index is 13.6. The average molecular weight is 508 g/mol. The first kappa shape index (κ1) is 27.7. The van der Waals surface area contributed by atoms with Gasteiger partial charge in [-0.15, -0.1) is 0 Å². The molecule has 9 heteroatoms. The average Bonchev–Trinajstić information content (AvgIpc) is 2.77. The molecule has 2 atom stereocenters. The summed E-state index contributed by atoms with van der Waals surface area (Å²) in [6.07, 6.45) is 2.19. The van der Waals surface area contributed by atoms with Crippen LogP contribution in [-0.4, -0.2) is 50.0 Å². The number of aryl methyl sites for hydroxylation is 1. The third-order valence-electron chi connectivity index (χ3n) is 5.62. The van der Waals surface area contributed by atoms with E-state index in [0.717, 1.165) is 28.1 Å². The molecule has 0 bridgehead atoms. The van der Waals surface area contributed by atoms with E-state index in [1.165, 1.54) is 4.90 Å². The molecule has 2 unspecified atom stereocenters. The standard InChI is InChI=1S/C25H34ClN3O4S/c1-6-19(4)27-25(31)23(7-2)28(16-20-10-8-9-18(3)15-20)24(30)17-29(34(5,32)33)22-13-11-21(26)12-14-22/h8-15,19,23H,6-7,16-17H2,1-5H3,(H,27,31). The van der Waals surface area contributed by atoms with Crippen molar-refractivity contribution in [1.29, 1.82) is 0 Å². The van der Waals surface area contributed by atoms with Crippen LogP contribution in [0.15, 0.2) is 48.5 Å². The Morgan fingerprint density at radius 1 is 1.06 bits per heavy atom. The maximum Gasteiger partial charge on any atom is 0.244 e. The van der Waals surface area contributed by atoms with Crippen molar-refractivity contribution in [3.05, 3.63) is 64.7 Å². The van der Waals surface area contributed by atoms with Gasteiger partial charge in [0.15, 0.2) is 0 Å². The van der Waals surface area contributed by atoms with E-state index in [9.17, 15) is 18.0 Å². The Hall–Kier alpha value is -2.58. The van der Waals surface area contributed by atoms with Gasteiger partial charge in [0.25, 0.3) is 0 Å². The van der Waals surface area contributed by atoms with Crippen LogP contribution in [0.25, 0.3) is 0 Å². The van der Waals surface area contributed by atoms with Gasteiger partial charge in [0.2, 0.25) is 21.8 Å². The number of nitrogens with one attached hydrogen (secondary N) is 1. The van der Waals surface area contributed by atoms with Crippen molar-refractivity contribution >= 4 is 39.1 Å². The second-order valence-corrected chi connectivity index (χ2v) is 10.8. The number of amides is 2. The first-order valence-corrected chi connectivity index (χ1v) is 13.6. The molecule has 0 spiro atoms. The molecule has 34 heavy (non-hydrogen) atoms. The number of carbonyl (C=O) groups is 2. The normalized spacial score (nSPS) is 13.1. The van der Waals surface area contributed by atoms with Gasteiger partial charge in [0.05, 0.1) is 11.9 Å². The fraction of sp³-hybridized carbons (Fsp3) is 0.440. The van der Waals surface area contributed by atoms with E-state index in [-0.39, 0.29) is 18.5 Å². The van der Waals surface area contributed by atoms with E-state index in [4.69, 9.17) is 11.6 Å². The van der Waals surface area contributed by atoms with Crippen LogP contribution in [0.3, 0.4) is 0 Å². The van der Waals surface area contributed by atoms with Crippen molar-refractivity contribution < 1.29 is 18.0 Å². The van der Waals surface area contributed by atoms with Gasteiger partial charge in [-0.05, 0) is 56.5 Å². The van der Waals surface area contributed by atoms with Gasteiger partial charge in [-0.1, -0.05) is 55.3 Å². The molecule has 0 aliphatic rings. The Labute approximate surface area is 208 Å². The van der Waals surface area contributed by atoms with Crippen LogP contribution in [0.5, 0.6) is 0 Å². The SMILES string of the molecule is CCC(C)NC(=O)C(CC)N(Cc1cccc(C)c1)C(=O)CN(c1ccc(Cl)cc1)S(C)(=O)=O. The summed E-state index contributed by atoms with van der Waals surface area (Å²) in [6.45, 7) is 7.42. The van der Waals surface area contributed by atoms with Gasteiger partial charge < -0.3 is 10.2 Å². The maximum absolute atomic E-state index is 13.6. The summed E-state index contributed by atoms with van der Waals surface area (Å²) in [5.74, 6) is -0.719. The van der Waals surface area contributed by atoms with Crippen molar-refractivity contribution in [2.75, 3.05) is 17.1 Å². The van der Waals surface area contributed by atoms with Crippen molar-refractivity contribution in [3.63, 3.8) is 0 Å². The molecule has 0 aliphatic heterocycles. The number of sulfonamides is 1. The third-order valence-corrected chi connectivity index (χ3v) is 7.01. The Kier molecular flexibility index (Phi) is 9.94. The minimum Gasteiger partial charge on any atom is -0.352 e. The number of carbonyl (C=O) groups excluding carboxylic acids is 2. The Morgan fingerprint density at radius 3 is 2.24 bits per heavy atom. The minimum atomic E-state index is -3.77. The summed E-state index contributed by atoms with van der Waals surface area (Å²) >= 11 is 5.95. The van der Waals surface area contributed by atoms with E-state index >= 15 is 0 Å². The van der Waals surface area contributed by atoms with E-state index in [1.807, 2.05) is 52.0 Å². The summed E-state index contributed by atoms with van der Waals surface area (Å²) in [5.41, 5.74) is 2.22. The molecule has 2 aromatic rings. The molecule has 2 aromatic carbocycles. The molecular weight excluding hydrogens is 474 g/mol. The third kappa shape index (κ3) is 7.74. The van der Waals surface area contributed by atoms with Crippen LogP contribution in [0.4, 0.5) is 5.69 Å². The van der Waals surface area contributed by atoms with Crippen molar-refractivity contribution in [1.82, 2.24) is 10.2 Å². The van der Waals surface area contributed by atoms with Gasteiger partial charge in [-0.3, -0.25) is 13.9 Å². The van der Waals surface area contributed by atoms with E-state index in [2.05, 4.69) is 5.32 Å². The van der Waals surface area contributed by atoms with Crippen molar-refractivity contribution in [3.8, 4) is 0 Å². The molecule has 1 N–H and O–H groups in total. The number of nitrogens with zero attached hydrogens (tertiary/aromatic N) is 2. The van der Waals surface area contributed by atoms with Crippen LogP contribution in [0, 0.1) is 6.92 Å². The highest BCUT2D eigenvalue weighted by atomic mass is 35.5. The van der Waals surface area contributed by atoms with Crippen LogP contribution in [0.1, 0.15) is 44.7 Å². The van der Waals surface area contributed by atoms with E-state index in [0.29, 0.717) is 17.1 Å². The first-order chi connectivity index (χ1) is 16.0. The highest BCUT2D eigenvalue weighted by molar-refractivity contribution is 7.92. The number of hydrogen-bond donors (Lipinski definition) is 1. The molecule has 0 radical (unpaired) electrons. The topological polar surface area (TPSA) is 86.8 Å². The van der Waals surface area contributed by atoms with Crippen LogP contribution in [0.2, 0.25) is 5.02 Å². The largest absolute Gasteiger partial charge is 0.352 e. The molecule has 2 amide bonds. The Morgan fingerprint density at radius 2 is 1.71 bits per heavy atom. The summed E-state index contributed by atoms with van der Waals surface area (Å²) in [7, 11) is -3.77. The van der Waals surface area contributed by atoms with Crippen molar-refractivity contribution in [2.24, 2.45) is 0 Å². The molecule has 2 rings (SSSR count). The van der Waals surface area contributed by atoms with Gasteiger partial charge in [-0.25, -0.2) is 8.42 Å². The number of hydrogen-bond acceptors (Lipinski definition) is 4. The summed E-state index contributed by atoms with van der Waals surface area (Å²) in [4.78, 5) is 28.2. The lowest BCUT2D eigenvalue weighted by Gasteiger charge is -2.33. The second-order valence-electron chi connectivity index (χ2n) is 8.50. The predicted octanol–water partition coefficient (Wildman–Crippen LogP) is 4.14. The zero-order valence-electron chi connectivity index (χ0n) is 20.4. The summed E-state index contributed by atoms with van der Waals surface area (Å²) < 4.78 is 26.2. The lowest BCUT2D eigenvalue weighted by Crippen LogP contribution is -2.53. The molecule has 186 valence electrons. The van der Waals surface area contributed by atoms with Gasteiger partial charge >= 0.3 is 0 Å². The lowest BCUT2D eigenvalue weighted by molar-refractivity contribution is -0.140. The number of rotatable bonds is 11. The molecular formula is C25H34ClN3O4S. The smallest absolute Gasteiger partial charge is 0.244 e. The minimum absolute atomic E-state index is 0.0425. The Bertz CT molecular complexity index is 1090. The second kappa shape index (κ2) is 12.2.